The number of fused-ring (bicyclic) bond motifs is 4. The van der Waals surface area contributed by atoms with Gasteiger partial charge in [0.05, 0.1) is 0 Å². The maximum Gasteiger partial charge on any atom is -0.000719 e. The molecule has 1 aliphatic carbocycles. The van der Waals surface area contributed by atoms with E-state index in [9.17, 15) is 0 Å². The molecule has 0 aliphatic heterocycles. The van der Waals surface area contributed by atoms with Gasteiger partial charge in [-0.05, 0) is 143 Å². The van der Waals surface area contributed by atoms with Crippen LogP contribution in [0.15, 0.2) is 170 Å². The second-order valence-corrected chi connectivity index (χ2v) is 14.7. The van der Waals surface area contributed by atoms with Gasteiger partial charge in [0.1, 0.15) is 0 Å². The molecule has 0 N–H and O–H groups in total. The lowest BCUT2D eigenvalue weighted by Gasteiger charge is -2.24. The first-order chi connectivity index (χ1) is 25.8. The average Bonchev–Trinajstić information content (AvgIpc) is 3.53. The van der Waals surface area contributed by atoms with Gasteiger partial charge in [0, 0.05) is 0 Å². The number of hydrogen-bond donors (Lipinski definition) is 0. The van der Waals surface area contributed by atoms with Crippen molar-refractivity contribution < 1.29 is 0 Å². The fourth-order valence-corrected chi connectivity index (χ4v) is 10.2. The summed E-state index contributed by atoms with van der Waals surface area (Å²) in [6.07, 6.45) is 0. The summed E-state index contributed by atoms with van der Waals surface area (Å²) in [4.78, 5) is 0. The molecule has 0 atom stereocenters. The van der Waals surface area contributed by atoms with Crippen LogP contribution >= 0.6 is 0 Å². The number of rotatable bonds is 2. The second kappa shape index (κ2) is 9.51. The largest absolute Gasteiger partial charge is 0.0616 e. The molecule has 12 aromatic rings. The quantitative estimate of drug-likeness (QED) is 0.163. The molecule has 0 heteroatoms. The van der Waals surface area contributed by atoms with Crippen molar-refractivity contribution in [3.05, 3.63) is 170 Å². The Morgan fingerprint density at radius 2 is 0.538 bits per heavy atom. The molecule has 0 fully saturated rings. The van der Waals surface area contributed by atoms with Gasteiger partial charge < -0.3 is 0 Å². The summed E-state index contributed by atoms with van der Waals surface area (Å²) in [7, 11) is 0. The smallest absolute Gasteiger partial charge is 0.000719 e. The van der Waals surface area contributed by atoms with Gasteiger partial charge in [-0.1, -0.05) is 158 Å². The van der Waals surface area contributed by atoms with Gasteiger partial charge in [0.15, 0.2) is 0 Å². The van der Waals surface area contributed by atoms with Gasteiger partial charge in [-0.2, -0.15) is 0 Å². The lowest BCUT2D eigenvalue weighted by Crippen LogP contribution is -1.96. The van der Waals surface area contributed by atoms with Crippen LogP contribution in [0, 0.1) is 0 Å². The molecular formula is C52H28. The number of hydrogen-bond acceptors (Lipinski definition) is 0. The standard InChI is InChI=1S/C52H28/c1-2-18-37-36(17-1)49(42-27-34-15-3-9-30-23-25-32-13-5-19-38(42)47(32)44(30)34)51-40-21-7-11-29-12-8-22-41(46(29)40)52(51)50(37)43-28-35-16-4-10-31-24-26-33-14-6-20-39(43)48(33)45(31)35/h1-28H. The van der Waals surface area contributed by atoms with Gasteiger partial charge in [0.2, 0.25) is 0 Å². The van der Waals surface area contributed by atoms with E-state index in [4.69, 9.17) is 0 Å². The van der Waals surface area contributed by atoms with Crippen LogP contribution < -0.4 is 0 Å². The van der Waals surface area contributed by atoms with E-state index in [1.807, 2.05) is 0 Å². The summed E-state index contributed by atoms with van der Waals surface area (Å²) in [5.41, 5.74) is 10.6. The van der Waals surface area contributed by atoms with Crippen LogP contribution in [-0.2, 0) is 0 Å². The van der Waals surface area contributed by atoms with E-state index in [2.05, 4.69) is 170 Å². The second-order valence-electron chi connectivity index (χ2n) is 14.7. The van der Waals surface area contributed by atoms with E-state index in [-0.39, 0.29) is 0 Å². The van der Waals surface area contributed by atoms with Gasteiger partial charge >= 0.3 is 0 Å². The molecule has 0 bridgehead atoms. The predicted molar refractivity (Wildman–Crippen MR) is 224 cm³/mol. The summed E-state index contributed by atoms with van der Waals surface area (Å²) in [5, 5.41) is 21.0. The normalized spacial score (nSPS) is 12.6. The molecule has 0 amide bonds. The molecule has 0 radical (unpaired) electrons. The van der Waals surface area contributed by atoms with E-state index in [0.717, 1.165) is 0 Å². The topological polar surface area (TPSA) is 0 Å². The zero-order valence-electron chi connectivity index (χ0n) is 28.2. The van der Waals surface area contributed by atoms with Crippen LogP contribution in [0.2, 0.25) is 0 Å². The Balaban J connectivity index is 1.29. The third kappa shape index (κ3) is 3.24. The lowest BCUT2D eigenvalue weighted by molar-refractivity contribution is 1.67. The van der Waals surface area contributed by atoms with Gasteiger partial charge in [-0.3, -0.25) is 0 Å². The van der Waals surface area contributed by atoms with E-state index in [1.54, 1.807) is 0 Å². The van der Waals surface area contributed by atoms with Crippen molar-refractivity contribution in [1.29, 1.82) is 0 Å². The van der Waals surface area contributed by atoms with Crippen molar-refractivity contribution >= 4 is 86.2 Å². The van der Waals surface area contributed by atoms with E-state index in [0.29, 0.717) is 0 Å². The first-order valence-electron chi connectivity index (χ1n) is 18.3. The van der Waals surface area contributed by atoms with Crippen molar-refractivity contribution in [2.75, 3.05) is 0 Å². The van der Waals surface area contributed by atoms with Crippen LogP contribution in [0.3, 0.4) is 0 Å². The van der Waals surface area contributed by atoms with Crippen LogP contribution in [0.5, 0.6) is 0 Å². The fraction of sp³-hybridized carbons (Fsp3) is 0. The minimum atomic E-state index is 1.29. The van der Waals surface area contributed by atoms with Crippen LogP contribution in [0.25, 0.3) is 131 Å². The summed E-state index contributed by atoms with van der Waals surface area (Å²) >= 11 is 0. The van der Waals surface area contributed by atoms with Crippen molar-refractivity contribution in [1.82, 2.24) is 0 Å². The zero-order valence-corrected chi connectivity index (χ0v) is 28.2. The highest BCUT2D eigenvalue weighted by molar-refractivity contribution is 6.34. The fourth-order valence-electron chi connectivity index (χ4n) is 10.2. The van der Waals surface area contributed by atoms with Crippen molar-refractivity contribution in [2.45, 2.75) is 0 Å². The van der Waals surface area contributed by atoms with Crippen LogP contribution in [0.1, 0.15) is 0 Å². The first kappa shape index (κ1) is 27.0. The highest BCUT2D eigenvalue weighted by Gasteiger charge is 2.32. The molecule has 236 valence electrons. The Morgan fingerprint density at radius 3 is 1.00 bits per heavy atom. The molecule has 13 rings (SSSR count). The van der Waals surface area contributed by atoms with Crippen molar-refractivity contribution in [2.24, 2.45) is 0 Å². The molecule has 0 spiro atoms. The van der Waals surface area contributed by atoms with Gasteiger partial charge in [0.25, 0.3) is 0 Å². The SMILES string of the molecule is c1cc2c3c(cccc3c1)-c1c-2c(-c2cc3cccc4ccc5cccc2c5c43)c2ccccc2c1-c1cc2cccc3ccc4cccc1c4c32. The average molecular weight is 653 g/mol. The summed E-state index contributed by atoms with van der Waals surface area (Å²) in [6, 6.07) is 64.4. The van der Waals surface area contributed by atoms with Crippen molar-refractivity contribution in [3.8, 4) is 44.5 Å². The maximum absolute atomic E-state index is 2.48. The van der Waals surface area contributed by atoms with E-state index in [1.165, 1.54) is 131 Å². The molecular weight excluding hydrogens is 625 g/mol. The molecule has 1 aliphatic rings. The Morgan fingerprint density at radius 1 is 0.192 bits per heavy atom. The summed E-state index contributed by atoms with van der Waals surface area (Å²) in [6.45, 7) is 0. The Kier molecular flexibility index (Phi) is 4.94. The highest BCUT2D eigenvalue weighted by atomic mass is 14.3. The first-order valence-corrected chi connectivity index (χ1v) is 18.3. The van der Waals surface area contributed by atoms with Gasteiger partial charge in [-0.25, -0.2) is 0 Å². The van der Waals surface area contributed by atoms with E-state index >= 15 is 0 Å². The minimum absolute atomic E-state index is 1.29. The summed E-state index contributed by atoms with van der Waals surface area (Å²) in [5.74, 6) is 0. The molecule has 0 aromatic heterocycles. The van der Waals surface area contributed by atoms with Crippen LogP contribution in [-0.4, -0.2) is 0 Å². The molecule has 0 saturated heterocycles. The van der Waals surface area contributed by atoms with Gasteiger partial charge in [-0.15, -0.1) is 0 Å². The Hall–Kier alpha value is -6.76. The maximum atomic E-state index is 2.48. The predicted octanol–water partition coefficient (Wildman–Crippen LogP) is 14.8. The molecule has 52 heavy (non-hydrogen) atoms. The molecule has 0 heterocycles. The Labute approximate surface area is 299 Å². The third-order valence-corrected chi connectivity index (χ3v) is 12.2. The van der Waals surface area contributed by atoms with Crippen molar-refractivity contribution in [3.63, 3.8) is 0 Å². The zero-order chi connectivity index (χ0) is 33.7. The highest BCUT2D eigenvalue weighted by Crippen LogP contribution is 2.59. The molecule has 12 aromatic carbocycles. The molecule has 0 unspecified atom stereocenters. The van der Waals surface area contributed by atoms with E-state index < -0.39 is 0 Å². The lowest BCUT2D eigenvalue weighted by atomic mass is 9.79. The number of benzene rings is 12. The third-order valence-electron chi connectivity index (χ3n) is 12.2. The monoisotopic (exact) mass is 652 g/mol. The summed E-state index contributed by atoms with van der Waals surface area (Å²) < 4.78 is 0. The van der Waals surface area contributed by atoms with Crippen LogP contribution in [0.4, 0.5) is 0 Å². The molecule has 0 nitrogen and oxygen atoms in total. The Bertz CT molecular complexity index is 3280. The molecule has 0 saturated carbocycles. The minimum Gasteiger partial charge on any atom is -0.0616 e.